The molecule has 0 bridgehead atoms. The van der Waals surface area contributed by atoms with Crippen molar-refractivity contribution in [2.45, 2.75) is 12.5 Å². The summed E-state index contributed by atoms with van der Waals surface area (Å²) in [5.41, 5.74) is 1.17. The predicted molar refractivity (Wildman–Crippen MR) is 80.2 cm³/mol. The van der Waals surface area contributed by atoms with Gasteiger partial charge in [0.05, 0.1) is 7.11 Å². The van der Waals surface area contributed by atoms with Gasteiger partial charge in [-0.25, -0.2) is 9.18 Å². The highest BCUT2D eigenvalue weighted by Crippen LogP contribution is 2.34. The molecule has 1 aliphatic heterocycles. The number of ether oxygens (including phenoxy) is 1. The van der Waals surface area contributed by atoms with Crippen LogP contribution in [0.5, 0.6) is 0 Å². The highest BCUT2D eigenvalue weighted by molar-refractivity contribution is 7.10. The van der Waals surface area contributed by atoms with Crippen LogP contribution in [0, 0.1) is 5.82 Å². The van der Waals surface area contributed by atoms with Crippen LogP contribution in [0.4, 0.5) is 4.39 Å². The Morgan fingerprint density at radius 2 is 2.00 bits per heavy atom. The van der Waals surface area contributed by atoms with Gasteiger partial charge in [-0.15, -0.1) is 11.3 Å². The zero-order chi connectivity index (χ0) is 15.7. The quantitative estimate of drug-likeness (QED) is 0.800. The Kier molecular flexibility index (Phi) is 3.94. The number of rotatable bonds is 2. The van der Waals surface area contributed by atoms with Gasteiger partial charge in [-0.3, -0.25) is 4.79 Å². The molecule has 0 N–H and O–H groups in total. The van der Waals surface area contributed by atoms with Crippen molar-refractivity contribution in [2.75, 3.05) is 13.7 Å². The van der Waals surface area contributed by atoms with Gasteiger partial charge in [0.25, 0.3) is 5.91 Å². The zero-order valence-electron chi connectivity index (χ0n) is 11.9. The summed E-state index contributed by atoms with van der Waals surface area (Å²) in [5, 5.41) is 1.91. The monoisotopic (exact) mass is 319 g/mol. The van der Waals surface area contributed by atoms with Crippen LogP contribution in [0.15, 0.2) is 35.7 Å². The van der Waals surface area contributed by atoms with Crippen LogP contribution in [-0.4, -0.2) is 30.4 Å². The third kappa shape index (κ3) is 2.50. The van der Waals surface area contributed by atoms with Crippen LogP contribution >= 0.6 is 11.3 Å². The van der Waals surface area contributed by atoms with Crippen LogP contribution in [0.25, 0.3) is 0 Å². The smallest absolute Gasteiger partial charge is 0.333 e. The van der Waals surface area contributed by atoms with E-state index in [-0.39, 0.29) is 5.91 Å². The largest absolute Gasteiger partial charge is 0.467 e. The van der Waals surface area contributed by atoms with Crippen molar-refractivity contribution >= 4 is 23.2 Å². The van der Waals surface area contributed by atoms with Crippen molar-refractivity contribution in [2.24, 2.45) is 0 Å². The normalized spacial score (nSPS) is 17.0. The van der Waals surface area contributed by atoms with Gasteiger partial charge in [0.15, 0.2) is 6.04 Å². The first-order chi connectivity index (χ1) is 10.6. The molecule has 1 aliphatic rings. The average molecular weight is 319 g/mol. The van der Waals surface area contributed by atoms with E-state index < -0.39 is 17.8 Å². The molecule has 0 spiro atoms. The summed E-state index contributed by atoms with van der Waals surface area (Å²) in [6.07, 6.45) is 0.702. The number of fused-ring (bicyclic) bond motifs is 1. The molecule has 0 fully saturated rings. The molecule has 0 aliphatic carbocycles. The van der Waals surface area contributed by atoms with Gasteiger partial charge in [0.1, 0.15) is 5.82 Å². The maximum Gasteiger partial charge on any atom is 0.333 e. The molecule has 3 rings (SSSR count). The highest BCUT2D eigenvalue weighted by atomic mass is 32.1. The third-order valence-electron chi connectivity index (χ3n) is 3.74. The number of thiophene rings is 1. The van der Waals surface area contributed by atoms with Gasteiger partial charge in [-0.1, -0.05) is 0 Å². The second-order valence-corrected chi connectivity index (χ2v) is 5.98. The predicted octanol–water partition coefficient (Wildman–Crippen LogP) is 2.80. The summed E-state index contributed by atoms with van der Waals surface area (Å²) < 4.78 is 17.9. The number of amides is 1. The molecule has 1 atom stereocenters. The van der Waals surface area contributed by atoms with Crippen LogP contribution in [-0.2, 0) is 16.0 Å². The van der Waals surface area contributed by atoms with Crippen molar-refractivity contribution in [3.05, 3.63) is 57.5 Å². The van der Waals surface area contributed by atoms with E-state index >= 15 is 0 Å². The topological polar surface area (TPSA) is 46.6 Å². The molecule has 1 aromatic carbocycles. The van der Waals surface area contributed by atoms with E-state index in [0.29, 0.717) is 18.5 Å². The zero-order valence-corrected chi connectivity index (χ0v) is 12.7. The number of methoxy groups -OCH3 is 1. The van der Waals surface area contributed by atoms with E-state index in [1.165, 1.54) is 36.3 Å². The van der Waals surface area contributed by atoms with Crippen molar-refractivity contribution < 1.29 is 18.7 Å². The fourth-order valence-electron chi connectivity index (χ4n) is 2.66. The number of hydrogen-bond donors (Lipinski definition) is 0. The molecule has 114 valence electrons. The number of benzene rings is 1. The molecule has 1 unspecified atom stereocenters. The maximum atomic E-state index is 13.0. The Bertz CT molecular complexity index is 710. The molecule has 1 aromatic heterocycles. The van der Waals surface area contributed by atoms with Gasteiger partial charge in [0.2, 0.25) is 0 Å². The Morgan fingerprint density at radius 1 is 1.27 bits per heavy atom. The molecule has 2 heterocycles. The molecule has 0 saturated heterocycles. The first kappa shape index (κ1) is 14.7. The minimum atomic E-state index is -0.738. The lowest BCUT2D eigenvalue weighted by molar-refractivity contribution is -0.146. The number of hydrogen-bond acceptors (Lipinski definition) is 4. The first-order valence-corrected chi connectivity index (χ1v) is 7.70. The van der Waals surface area contributed by atoms with E-state index in [1.807, 2.05) is 11.4 Å². The lowest BCUT2D eigenvalue weighted by Gasteiger charge is -2.34. The SMILES string of the molecule is COC(=O)C1c2ccsc2CCN1C(=O)c1ccc(F)cc1. The molecule has 2 aromatic rings. The molecular formula is C16H14FNO3S. The van der Waals surface area contributed by atoms with Gasteiger partial charge in [0, 0.05) is 17.0 Å². The Morgan fingerprint density at radius 3 is 2.68 bits per heavy atom. The number of esters is 1. The van der Waals surface area contributed by atoms with E-state index in [2.05, 4.69) is 0 Å². The van der Waals surface area contributed by atoms with Crippen molar-refractivity contribution in [3.8, 4) is 0 Å². The van der Waals surface area contributed by atoms with Crippen LogP contribution < -0.4 is 0 Å². The number of halogens is 1. The second kappa shape index (κ2) is 5.88. The molecule has 1 amide bonds. The second-order valence-electron chi connectivity index (χ2n) is 4.98. The van der Waals surface area contributed by atoms with E-state index in [0.717, 1.165) is 10.4 Å². The van der Waals surface area contributed by atoms with Crippen molar-refractivity contribution in [3.63, 3.8) is 0 Å². The van der Waals surface area contributed by atoms with Gasteiger partial charge >= 0.3 is 5.97 Å². The standard InChI is InChI=1S/C16H14FNO3S/c1-21-16(20)14-12-7-9-22-13(12)6-8-18(14)15(19)10-2-4-11(17)5-3-10/h2-5,7,9,14H,6,8H2,1H3. The number of carbonyl (C=O) groups is 2. The third-order valence-corrected chi connectivity index (χ3v) is 4.74. The Labute approximate surface area is 131 Å². The summed E-state index contributed by atoms with van der Waals surface area (Å²) in [6, 6.07) is 6.44. The highest BCUT2D eigenvalue weighted by Gasteiger charge is 2.37. The Hall–Kier alpha value is -2.21. The van der Waals surface area contributed by atoms with Crippen molar-refractivity contribution in [1.82, 2.24) is 4.90 Å². The summed E-state index contributed by atoms with van der Waals surface area (Å²) in [7, 11) is 1.31. The van der Waals surface area contributed by atoms with Gasteiger partial charge in [-0.05, 0) is 47.7 Å². The van der Waals surface area contributed by atoms with Gasteiger partial charge < -0.3 is 9.64 Å². The van der Waals surface area contributed by atoms with E-state index in [9.17, 15) is 14.0 Å². The van der Waals surface area contributed by atoms with Crippen LogP contribution in [0.1, 0.15) is 26.8 Å². The Balaban J connectivity index is 1.96. The summed E-state index contributed by atoms with van der Waals surface area (Å²) in [5.74, 6) is -1.16. The van der Waals surface area contributed by atoms with Gasteiger partial charge in [-0.2, -0.15) is 0 Å². The molecule has 6 heteroatoms. The lowest BCUT2D eigenvalue weighted by atomic mass is 9.99. The summed E-state index contributed by atoms with van der Waals surface area (Å²) >= 11 is 1.57. The molecular weight excluding hydrogens is 305 g/mol. The molecule has 0 radical (unpaired) electrons. The average Bonchev–Trinajstić information content (AvgIpc) is 3.01. The first-order valence-electron chi connectivity index (χ1n) is 6.82. The summed E-state index contributed by atoms with van der Waals surface area (Å²) in [4.78, 5) is 27.4. The lowest BCUT2D eigenvalue weighted by Crippen LogP contribution is -2.43. The number of nitrogens with zero attached hydrogens (tertiary/aromatic N) is 1. The molecule has 4 nitrogen and oxygen atoms in total. The fraction of sp³-hybridized carbons (Fsp3) is 0.250. The minimum Gasteiger partial charge on any atom is -0.467 e. The maximum absolute atomic E-state index is 13.0. The van der Waals surface area contributed by atoms with E-state index in [1.54, 1.807) is 11.3 Å². The number of carbonyl (C=O) groups excluding carboxylic acids is 2. The minimum absolute atomic E-state index is 0.299. The molecule has 0 saturated carbocycles. The summed E-state index contributed by atoms with van der Waals surface area (Å²) in [6.45, 7) is 0.434. The fourth-order valence-corrected chi connectivity index (χ4v) is 3.56. The van der Waals surface area contributed by atoms with Crippen LogP contribution in [0.2, 0.25) is 0 Å². The van der Waals surface area contributed by atoms with Crippen molar-refractivity contribution in [1.29, 1.82) is 0 Å². The van der Waals surface area contributed by atoms with E-state index in [4.69, 9.17) is 4.74 Å². The molecule has 22 heavy (non-hydrogen) atoms. The van der Waals surface area contributed by atoms with Crippen LogP contribution in [0.3, 0.4) is 0 Å².